The number of rotatable bonds is 1. The Hall–Kier alpha value is -1.85. The minimum atomic E-state index is -6.00. The lowest BCUT2D eigenvalue weighted by Crippen LogP contribution is -2.02. The Kier molecular flexibility index (Phi) is 4.89. The summed E-state index contributed by atoms with van der Waals surface area (Å²) < 4.78 is 44.4. The monoisotopic (exact) mass is 258 g/mol. The van der Waals surface area contributed by atoms with E-state index in [4.69, 9.17) is 4.42 Å². The average molecular weight is 258 g/mol. The van der Waals surface area contributed by atoms with E-state index in [0.29, 0.717) is 0 Å². The van der Waals surface area contributed by atoms with Crippen molar-refractivity contribution in [3.63, 3.8) is 0 Å². The summed E-state index contributed by atoms with van der Waals surface area (Å²) in [5.41, 5.74) is 2.38. The molecule has 18 heavy (non-hydrogen) atoms. The van der Waals surface area contributed by atoms with Crippen LogP contribution in [0.4, 0.5) is 17.3 Å². The third kappa shape index (κ3) is 6.03. The van der Waals surface area contributed by atoms with Crippen LogP contribution < -0.4 is 0 Å². The summed E-state index contributed by atoms with van der Waals surface area (Å²) in [5.74, 6) is 0.905. The molecule has 1 aromatic heterocycles. The molecule has 0 radical (unpaired) electrons. The number of halogens is 4. The zero-order valence-electron chi connectivity index (χ0n) is 9.62. The minimum absolute atomic E-state index is 0.905. The molecule has 2 aromatic rings. The molecule has 0 saturated carbocycles. The van der Waals surface area contributed by atoms with Crippen molar-refractivity contribution in [2.45, 2.75) is 6.92 Å². The highest BCUT2D eigenvalue weighted by Gasteiger charge is 2.20. The Morgan fingerprint density at radius 1 is 0.889 bits per heavy atom. The van der Waals surface area contributed by atoms with Gasteiger partial charge in [-0.1, -0.05) is 17.7 Å². The smallest absolute Gasteiger partial charge is 0.418 e. The van der Waals surface area contributed by atoms with Crippen LogP contribution in [0.2, 0.25) is 0 Å². The lowest BCUT2D eigenvalue weighted by atomic mass is 10.1. The molecule has 96 valence electrons. The number of aryl methyl sites for hydroxylation is 1. The van der Waals surface area contributed by atoms with Gasteiger partial charge in [0.1, 0.15) is 0 Å². The molecule has 0 aliphatic heterocycles. The molecule has 1 aromatic carbocycles. The Bertz CT molecular complexity index is 462. The molecule has 1 heterocycles. The summed E-state index contributed by atoms with van der Waals surface area (Å²) >= 11 is 0. The molecule has 0 unspecified atom stereocenters. The Labute approximate surface area is 102 Å². The van der Waals surface area contributed by atoms with Crippen molar-refractivity contribution in [3.05, 3.63) is 54.3 Å². The summed E-state index contributed by atoms with van der Waals surface area (Å²) in [6.07, 6.45) is 1.69. The van der Waals surface area contributed by atoms with Gasteiger partial charge in [-0.2, -0.15) is 0 Å². The molecular weight excluding hydrogens is 247 g/mol. The fraction of sp³-hybridized carbons (Fsp3) is 0.0833. The van der Waals surface area contributed by atoms with Crippen LogP contribution in [0.3, 0.4) is 0 Å². The van der Waals surface area contributed by atoms with Gasteiger partial charge in [-0.15, -0.1) is 0 Å². The van der Waals surface area contributed by atoms with E-state index in [2.05, 4.69) is 31.2 Å². The van der Waals surface area contributed by atoms with E-state index in [1.54, 1.807) is 6.26 Å². The molecule has 0 aliphatic rings. The SMILES string of the molecule is Cc1ccc(-c2cccc[o+]2)cc1.F[B-](F)(F)F. The summed E-state index contributed by atoms with van der Waals surface area (Å²) in [5, 5.41) is 0. The third-order valence-electron chi connectivity index (χ3n) is 1.97. The van der Waals surface area contributed by atoms with E-state index >= 15 is 0 Å². The Morgan fingerprint density at radius 2 is 1.44 bits per heavy atom. The van der Waals surface area contributed by atoms with Crippen molar-refractivity contribution in [1.82, 2.24) is 0 Å². The molecule has 0 N–H and O–H groups in total. The van der Waals surface area contributed by atoms with Crippen molar-refractivity contribution in [3.8, 4) is 11.3 Å². The van der Waals surface area contributed by atoms with Gasteiger partial charge in [-0.25, -0.2) is 4.42 Å². The van der Waals surface area contributed by atoms with Gasteiger partial charge < -0.3 is 17.3 Å². The first kappa shape index (κ1) is 14.2. The lowest BCUT2D eigenvalue weighted by Gasteiger charge is -1.94. The van der Waals surface area contributed by atoms with Crippen molar-refractivity contribution in [2.24, 2.45) is 0 Å². The zero-order valence-corrected chi connectivity index (χ0v) is 9.62. The Balaban J connectivity index is 0.000000280. The highest BCUT2D eigenvalue weighted by molar-refractivity contribution is 6.50. The first-order valence-corrected chi connectivity index (χ1v) is 5.17. The maximum absolute atomic E-state index is 9.75. The first-order valence-electron chi connectivity index (χ1n) is 5.17. The van der Waals surface area contributed by atoms with Gasteiger partial charge in [-0.3, -0.25) is 0 Å². The average Bonchev–Trinajstić information content (AvgIpc) is 2.29. The van der Waals surface area contributed by atoms with Crippen molar-refractivity contribution in [2.75, 3.05) is 0 Å². The van der Waals surface area contributed by atoms with Crippen LogP contribution in [0.25, 0.3) is 11.3 Å². The van der Waals surface area contributed by atoms with Gasteiger partial charge in [0.25, 0.3) is 0 Å². The van der Waals surface area contributed by atoms with E-state index in [1.165, 1.54) is 5.56 Å². The van der Waals surface area contributed by atoms with Crippen molar-refractivity contribution < 1.29 is 21.7 Å². The fourth-order valence-electron chi connectivity index (χ4n) is 1.22. The zero-order chi connectivity index (χ0) is 13.6. The summed E-state index contributed by atoms with van der Waals surface area (Å²) in [6.45, 7) is 2.08. The van der Waals surface area contributed by atoms with E-state index in [1.807, 2.05) is 18.2 Å². The molecule has 0 saturated heterocycles. The molecular formula is C12H11BF4O. The van der Waals surface area contributed by atoms with Gasteiger partial charge in [0.15, 0.2) is 0 Å². The van der Waals surface area contributed by atoms with Crippen LogP contribution in [0, 0.1) is 6.92 Å². The van der Waals surface area contributed by atoms with E-state index in [0.717, 1.165) is 11.3 Å². The standard InChI is InChI=1S/C12H11O.BF4/c1-10-5-7-11(8-6-10)12-4-2-3-9-13-12;2-1(3,4)5/h2-9H,1H3;/q+1;-1. The van der Waals surface area contributed by atoms with Crippen LogP contribution >= 0.6 is 0 Å². The number of hydrogen-bond acceptors (Lipinski definition) is 0. The number of benzene rings is 1. The first-order chi connectivity index (χ1) is 8.36. The van der Waals surface area contributed by atoms with Crippen LogP contribution in [0.1, 0.15) is 5.56 Å². The molecule has 0 bridgehead atoms. The van der Waals surface area contributed by atoms with Crippen LogP contribution in [0.15, 0.2) is 53.1 Å². The predicted octanol–water partition coefficient (Wildman–Crippen LogP) is 4.84. The Morgan fingerprint density at radius 3 is 1.89 bits per heavy atom. The third-order valence-corrected chi connectivity index (χ3v) is 1.97. The van der Waals surface area contributed by atoms with E-state index in [-0.39, 0.29) is 0 Å². The normalized spacial score (nSPS) is 10.5. The molecule has 6 heteroatoms. The second-order valence-electron chi connectivity index (χ2n) is 3.53. The predicted molar refractivity (Wildman–Crippen MR) is 63.5 cm³/mol. The van der Waals surface area contributed by atoms with Gasteiger partial charge in [-0.05, 0) is 25.1 Å². The molecule has 2 rings (SSSR count). The molecule has 0 aliphatic carbocycles. The van der Waals surface area contributed by atoms with Gasteiger partial charge in [0.2, 0.25) is 0 Å². The van der Waals surface area contributed by atoms with Crippen LogP contribution in [-0.2, 0) is 0 Å². The summed E-state index contributed by atoms with van der Waals surface area (Å²) in [6, 6.07) is 14.1. The maximum atomic E-state index is 9.75. The quantitative estimate of drug-likeness (QED) is 0.404. The second kappa shape index (κ2) is 6.19. The molecule has 0 atom stereocenters. The molecule has 1 nitrogen and oxygen atoms in total. The van der Waals surface area contributed by atoms with Gasteiger partial charge in [0.05, 0.1) is 5.56 Å². The van der Waals surface area contributed by atoms with Crippen molar-refractivity contribution >= 4 is 7.25 Å². The molecule has 0 amide bonds. The van der Waals surface area contributed by atoms with Crippen molar-refractivity contribution in [1.29, 1.82) is 0 Å². The minimum Gasteiger partial charge on any atom is -0.418 e. The van der Waals surface area contributed by atoms with E-state index in [9.17, 15) is 17.3 Å². The van der Waals surface area contributed by atoms with Gasteiger partial charge >= 0.3 is 19.3 Å². The fourth-order valence-corrected chi connectivity index (χ4v) is 1.22. The maximum Gasteiger partial charge on any atom is 0.673 e. The number of hydrogen-bond donors (Lipinski definition) is 0. The highest BCUT2D eigenvalue weighted by Crippen LogP contribution is 2.18. The van der Waals surface area contributed by atoms with Gasteiger partial charge in [0, 0.05) is 12.1 Å². The lowest BCUT2D eigenvalue weighted by molar-refractivity contribution is 0.368. The summed E-state index contributed by atoms with van der Waals surface area (Å²) in [7, 11) is -6.00. The second-order valence-corrected chi connectivity index (χ2v) is 3.53. The molecule has 0 spiro atoms. The van der Waals surface area contributed by atoms with Crippen LogP contribution in [0.5, 0.6) is 0 Å². The highest BCUT2D eigenvalue weighted by atomic mass is 19.5. The van der Waals surface area contributed by atoms with E-state index < -0.39 is 7.25 Å². The molecule has 0 fully saturated rings. The summed E-state index contributed by atoms with van der Waals surface area (Å²) in [4.78, 5) is 0. The largest absolute Gasteiger partial charge is 0.673 e. The van der Waals surface area contributed by atoms with Crippen LogP contribution in [-0.4, -0.2) is 7.25 Å². The topological polar surface area (TPSA) is 11.3 Å².